The second-order valence-electron chi connectivity index (χ2n) is 5.10. The molecule has 21 heavy (non-hydrogen) atoms. The van der Waals surface area contributed by atoms with Gasteiger partial charge in [-0.1, -0.05) is 48.5 Å². The Balaban J connectivity index is 1.75. The maximum atomic E-state index is 11.2. The molecule has 0 bridgehead atoms. The van der Waals surface area contributed by atoms with Gasteiger partial charge < -0.3 is 10.6 Å². The highest BCUT2D eigenvalue weighted by Gasteiger charge is 2.02. The van der Waals surface area contributed by atoms with Crippen LogP contribution in [0.5, 0.6) is 0 Å². The average Bonchev–Trinajstić information content (AvgIpc) is 2.49. The van der Waals surface area contributed by atoms with Gasteiger partial charge in [0.1, 0.15) is 0 Å². The molecule has 0 saturated carbocycles. The second kappa shape index (κ2) is 8.22. The Hall–Kier alpha value is -2.13. The van der Waals surface area contributed by atoms with Crippen molar-refractivity contribution in [3.05, 3.63) is 65.7 Å². The molecule has 0 aliphatic heterocycles. The predicted octanol–water partition coefficient (Wildman–Crippen LogP) is 3.37. The number of carbonyl (C=O) groups is 1. The first-order valence-corrected chi connectivity index (χ1v) is 7.36. The summed E-state index contributed by atoms with van der Waals surface area (Å²) >= 11 is 0. The van der Waals surface area contributed by atoms with Crippen molar-refractivity contribution in [2.24, 2.45) is 0 Å². The van der Waals surface area contributed by atoms with Crippen molar-refractivity contribution in [2.45, 2.75) is 26.3 Å². The van der Waals surface area contributed by atoms with E-state index in [0.717, 1.165) is 37.2 Å². The van der Waals surface area contributed by atoms with Crippen LogP contribution in [0.15, 0.2) is 54.6 Å². The number of nitrogens with one attached hydrogen (secondary N) is 2. The minimum absolute atomic E-state index is 0.0356. The van der Waals surface area contributed by atoms with E-state index in [4.69, 9.17) is 0 Å². The maximum Gasteiger partial charge on any atom is 0.221 e. The number of carbonyl (C=O) groups excluding carboxylic acids is 1. The molecule has 0 aromatic heterocycles. The highest BCUT2D eigenvalue weighted by atomic mass is 16.1. The zero-order valence-corrected chi connectivity index (χ0v) is 12.4. The van der Waals surface area contributed by atoms with Gasteiger partial charge in [-0.2, -0.15) is 0 Å². The zero-order valence-electron chi connectivity index (χ0n) is 12.4. The summed E-state index contributed by atoms with van der Waals surface area (Å²) in [5.74, 6) is -0.0356. The first-order valence-electron chi connectivity index (χ1n) is 7.36. The molecule has 3 nitrogen and oxygen atoms in total. The van der Waals surface area contributed by atoms with Crippen molar-refractivity contribution in [1.82, 2.24) is 5.32 Å². The summed E-state index contributed by atoms with van der Waals surface area (Å²) in [7, 11) is 0. The molecule has 0 heterocycles. The smallest absolute Gasteiger partial charge is 0.221 e. The van der Waals surface area contributed by atoms with Crippen LogP contribution in [0.25, 0.3) is 0 Å². The Kier molecular flexibility index (Phi) is 5.98. The lowest BCUT2D eigenvalue weighted by atomic mass is 10.1. The number of para-hydroxylation sites is 1. The van der Waals surface area contributed by atoms with Gasteiger partial charge in [0.2, 0.25) is 5.91 Å². The molecular formula is C18H22N2O. The molecule has 0 aliphatic rings. The fourth-order valence-corrected chi connectivity index (χ4v) is 2.27. The van der Waals surface area contributed by atoms with E-state index in [1.54, 1.807) is 0 Å². The van der Waals surface area contributed by atoms with E-state index >= 15 is 0 Å². The molecule has 3 heteroatoms. The Morgan fingerprint density at radius 2 is 1.71 bits per heavy atom. The van der Waals surface area contributed by atoms with Gasteiger partial charge >= 0.3 is 0 Å². The van der Waals surface area contributed by atoms with Crippen LogP contribution >= 0.6 is 0 Å². The Labute approximate surface area is 126 Å². The number of amides is 1. The zero-order chi connectivity index (χ0) is 14.9. The molecule has 1 amide bonds. The van der Waals surface area contributed by atoms with Crippen LogP contribution in [0.2, 0.25) is 0 Å². The van der Waals surface area contributed by atoms with Crippen LogP contribution < -0.4 is 10.6 Å². The number of benzene rings is 2. The Morgan fingerprint density at radius 1 is 1.00 bits per heavy atom. The van der Waals surface area contributed by atoms with Crippen molar-refractivity contribution in [3.63, 3.8) is 0 Å². The monoisotopic (exact) mass is 282 g/mol. The highest BCUT2D eigenvalue weighted by Crippen LogP contribution is 2.14. The number of anilines is 1. The van der Waals surface area contributed by atoms with E-state index in [0.29, 0.717) is 0 Å². The number of hydrogen-bond acceptors (Lipinski definition) is 2. The summed E-state index contributed by atoms with van der Waals surface area (Å²) in [6.45, 7) is 3.26. The largest absolute Gasteiger partial charge is 0.326 e. The van der Waals surface area contributed by atoms with Gasteiger partial charge in [0.05, 0.1) is 0 Å². The van der Waals surface area contributed by atoms with Gasteiger partial charge in [-0.3, -0.25) is 4.79 Å². The Bertz CT molecular complexity index is 566. The van der Waals surface area contributed by atoms with Crippen molar-refractivity contribution in [3.8, 4) is 0 Å². The minimum atomic E-state index is -0.0356. The Morgan fingerprint density at radius 3 is 2.48 bits per heavy atom. The summed E-state index contributed by atoms with van der Waals surface area (Å²) in [5.41, 5.74) is 3.38. The summed E-state index contributed by atoms with van der Waals surface area (Å²) in [6.07, 6.45) is 2.19. The third-order valence-corrected chi connectivity index (χ3v) is 3.31. The molecule has 0 atom stereocenters. The van der Waals surface area contributed by atoms with E-state index in [9.17, 15) is 4.79 Å². The van der Waals surface area contributed by atoms with E-state index in [-0.39, 0.29) is 5.91 Å². The molecule has 110 valence electrons. The van der Waals surface area contributed by atoms with Gasteiger partial charge in [0, 0.05) is 19.2 Å². The molecular weight excluding hydrogens is 260 g/mol. The molecule has 0 saturated heterocycles. The van der Waals surface area contributed by atoms with Crippen molar-refractivity contribution < 1.29 is 4.79 Å². The molecule has 0 aliphatic carbocycles. The fraction of sp³-hybridized carbons (Fsp3) is 0.278. The second-order valence-corrected chi connectivity index (χ2v) is 5.10. The SMILES string of the molecule is CC(=O)Nc1ccccc1CNCCCc1ccccc1. The summed E-state index contributed by atoms with van der Waals surface area (Å²) < 4.78 is 0. The first-order chi connectivity index (χ1) is 10.3. The van der Waals surface area contributed by atoms with Crippen LogP contribution in [0.1, 0.15) is 24.5 Å². The minimum Gasteiger partial charge on any atom is -0.326 e. The molecule has 0 unspecified atom stereocenters. The molecule has 2 N–H and O–H groups in total. The standard InChI is InChI=1S/C18H22N2O/c1-15(21)20-18-12-6-5-11-17(18)14-19-13-7-10-16-8-3-2-4-9-16/h2-6,8-9,11-12,19H,7,10,13-14H2,1H3,(H,20,21). The van der Waals surface area contributed by atoms with Gasteiger partial charge in [-0.25, -0.2) is 0 Å². The highest BCUT2D eigenvalue weighted by molar-refractivity contribution is 5.89. The summed E-state index contributed by atoms with van der Waals surface area (Å²) in [4.78, 5) is 11.2. The van der Waals surface area contributed by atoms with Gasteiger partial charge in [-0.05, 0) is 36.6 Å². The van der Waals surface area contributed by atoms with E-state index in [1.807, 2.05) is 30.3 Å². The van der Waals surface area contributed by atoms with Gasteiger partial charge in [0.15, 0.2) is 0 Å². The topological polar surface area (TPSA) is 41.1 Å². The average molecular weight is 282 g/mol. The van der Waals surface area contributed by atoms with Crippen molar-refractivity contribution in [2.75, 3.05) is 11.9 Å². The van der Waals surface area contributed by atoms with Crippen LogP contribution in [-0.4, -0.2) is 12.5 Å². The molecule has 0 radical (unpaired) electrons. The van der Waals surface area contributed by atoms with E-state index in [1.165, 1.54) is 12.5 Å². The number of aryl methyl sites for hydroxylation is 1. The van der Waals surface area contributed by atoms with Crippen LogP contribution in [0.4, 0.5) is 5.69 Å². The third-order valence-electron chi connectivity index (χ3n) is 3.31. The number of rotatable bonds is 7. The quantitative estimate of drug-likeness (QED) is 0.764. The fourth-order valence-electron chi connectivity index (χ4n) is 2.27. The van der Waals surface area contributed by atoms with Crippen LogP contribution in [-0.2, 0) is 17.8 Å². The molecule has 2 aromatic rings. The van der Waals surface area contributed by atoms with Gasteiger partial charge in [-0.15, -0.1) is 0 Å². The molecule has 0 fully saturated rings. The first kappa shape index (κ1) is 15.3. The predicted molar refractivity (Wildman–Crippen MR) is 87.2 cm³/mol. The van der Waals surface area contributed by atoms with Crippen LogP contribution in [0.3, 0.4) is 0 Å². The third kappa shape index (κ3) is 5.40. The van der Waals surface area contributed by atoms with E-state index in [2.05, 4.69) is 34.9 Å². The lowest BCUT2D eigenvalue weighted by Gasteiger charge is -2.10. The lowest BCUT2D eigenvalue weighted by Crippen LogP contribution is -2.17. The van der Waals surface area contributed by atoms with Gasteiger partial charge in [0.25, 0.3) is 0 Å². The van der Waals surface area contributed by atoms with Crippen LogP contribution in [0, 0.1) is 0 Å². The number of hydrogen-bond donors (Lipinski definition) is 2. The lowest BCUT2D eigenvalue weighted by molar-refractivity contribution is -0.114. The van der Waals surface area contributed by atoms with Crippen molar-refractivity contribution in [1.29, 1.82) is 0 Å². The van der Waals surface area contributed by atoms with E-state index < -0.39 is 0 Å². The molecule has 0 spiro atoms. The van der Waals surface area contributed by atoms with Crippen molar-refractivity contribution >= 4 is 11.6 Å². The molecule has 2 aromatic carbocycles. The normalized spacial score (nSPS) is 10.3. The summed E-state index contributed by atoms with van der Waals surface area (Å²) in [6, 6.07) is 18.4. The molecule has 2 rings (SSSR count). The maximum absolute atomic E-state index is 11.2. The summed E-state index contributed by atoms with van der Waals surface area (Å²) in [5, 5.41) is 6.30.